The Kier molecular flexibility index (Phi) is 8.24. The third kappa shape index (κ3) is 6.47. The molecule has 0 aliphatic heterocycles. The van der Waals surface area contributed by atoms with E-state index in [4.69, 9.17) is 22.1 Å². The summed E-state index contributed by atoms with van der Waals surface area (Å²) in [6, 6.07) is 9.68. The highest BCUT2D eigenvalue weighted by Gasteiger charge is 2.16. The molecule has 0 unspecified atom stereocenters. The summed E-state index contributed by atoms with van der Waals surface area (Å²) in [7, 11) is 3.93. The number of nitrogens with two attached hydrogens (primary N) is 1. The van der Waals surface area contributed by atoms with Crippen LogP contribution in [0, 0.1) is 11.6 Å². The van der Waals surface area contributed by atoms with E-state index in [1.807, 2.05) is 23.6 Å². The number of rotatable bonds is 9. The summed E-state index contributed by atoms with van der Waals surface area (Å²) in [5.41, 5.74) is 6.31. The molecule has 10 nitrogen and oxygen atoms in total. The first-order chi connectivity index (χ1) is 18.2. The number of likely N-dealkylation sites (N-methyl/N-ethyl adjacent to an activating group) is 1. The van der Waals surface area contributed by atoms with E-state index in [0.717, 1.165) is 23.7 Å². The molecule has 13 heteroatoms. The van der Waals surface area contributed by atoms with Gasteiger partial charge in [0.05, 0.1) is 16.9 Å². The summed E-state index contributed by atoms with van der Waals surface area (Å²) < 4.78 is 35.8. The van der Waals surface area contributed by atoms with Gasteiger partial charge in [-0.1, -0.05) is 11.6 Å². The van der Waals surface area contributed by atoms with Crippen molar-refractivity contribution < 1.29 is 18.3 Å². The predicted molar refractivity (Wildman–Crippen MR) is 139 cm³/mol. The van der Waals surface area contributed by atoms with Crippen molar-refractivity contribution in [2.24, 2.45) is 10.8 Å². The molecular formula is C25H23ClF2N8O2. The van der Waals surface area contributed by atoms with Crippen molar-refractivity contribution in [1.29, 1.82) is 0 Å². The van der Waals surface area contributed by atoms with E-state index in [0.29, 0.717) is 29.4 Å². The lowest BCUT2D eigenvalue weighted by molar-refractivity contribution is 0.254. The minimum absolute atomic E-state index is 0.0428. The van der Waals surface area contributed by atoms with E-state index >= 15 is 0 Å². The first kappa shape index (κ1) is 26.6. The molecule has 0 bridgehead atoms. The number of carbonyl (C=O) groups is 1. The quantitative estimate of drug-likeness (QED) is 0.246. The van der Waals surface area contributed by atoms with Crippen LogP contribution in [0.15, 0.2) is 66.2 Å². The number of hydrazone groups is 1. The number of anilines is 1. The Labute approximate surface area is 221 Å². The zero-order valence-corrected chi connectivity index (χ0v) is 21.2. The number of hydrogen-bond acceptors (Lipinski definition) is 7. The summed E-state index contributed by atoms with van der Waals surface area (Å²) in [5, 5.41) is 12.9. The molecular weight excluding hydrogens is 518 g/mol. The first-order valence-electron chi connectivity index (χ1n) is 11.3. The number of aromatic nitrogens is 4. The zero-order valence-electron chi connectivity index (χ0n) is 20.4. The number of pyridine rings is 1. The summed E-state index contributed by atoms with van der Waals surface area (Å²) >= 11 is 5.98. The Balaban J connectivity index is 1.53. The molecule has 196 valence electrons. The van der Waals surface area contributed by atoms with Crippen LogP contribution >= 0.6 is 11.6 Å². The highest BCUT2D eigenvalue weighted by Crippen LogP contribution is 2.30. The van der Waals surface area contributed by atoms with Crippen molar-refractivity contribution in [3.63, 3.8) is 0 Å². The molecule has 2 aromatic heterocycles. The van der Waals surface area contributed by atoms with Crippen LogP contribution in [0.2, 0.25) is 5.02 Å². The van der Waals surface area contributed by atoms with Crippen molar-refractivity contribution in [2.75, 3.05) is 25.6 Å². The Morgan fingerprint density at radius 3 is 2.71 bits per heavy atom. The number of primary amides is 1. The highest BCUT2D eigenvalue weighted by atomic mass is 35.5. The van der Waals surface area contributed by atoms with Gasteiger partial charge < -0.3 is 19.9 Å². The summed E-state index contributed by atoms with van der Waals surface area (Å²) in [6.07, 6.45) is 4.35. The minimum Gasteiger partial charge on any atom is -0.454 e. The predicted octanol–water partition coefficient (Wildman–Crippen LogP) is 4.54. The molecule has 0 spiro atoms. The maximum Gasteiger partial charge on any atom is 0.340 e. The second-order valence-corrected chi connectivity index (χ2v) is 8.71. The van der Waals surface area contributed by atoms with Gasteiger partial charge in [-0.25, -0.2) is 13.6 Å². The van der Waals surface area contributed by atoms with Gasteiger partial charge in [-0.15, -0.1) is 10.2 Å². The van der Waals surface area contributed by atoms with E-state index < -0.39 is 17.7 Å². The van der Waals surface area contributed by atoms with E-state index in [9.17, 15) is 13.6 Å². The maximum absolute atomic E-state index is 15.0. The highest BCUT2D eigenvalue weighted by molar-refractivity contribution is 6.33. The van der Waals surface area contributed by atoms with Crippen LogP contribution in [-0.4, -0.2) is 57.5 Å². The molecule has 4 aromatic rings. The van der Waals surface area contributed by atoms with Crippen molar-refractivity contribution in [1.82, 2.24) is 24.6 Å². The number of ether oxygens (including phenoxy) is 1. The van der Waals surface area contributed by atoms with Crippen LogP contribution in [0.3, 0.4) is 0 Å². The topological polar surface area (TPSA) is 115 Å². The van der Waals surface area contributed by atoms with Gasteiger partial charge >= 0.3 is 6.03 Å². The molecule has 0 aliphatic carbocycles. The van der Waals surface area contributed by atoms with Crippen LogP contribution < -0.4 is 15.5 Å². The second kappa shape index (κ2) is 11.8. The first-order valence-corrected chi connectivity index (χ1v) is 11.6. The second-order valence-electron chi connectivity index (χ2n) is 8.31. The van der Waals surface area contributed by atoms with E-state index in [2.05, 4.69) is 20.3 Å². The number of hydrogen-bond donors (Lipinski definition) is 1. The standard InChI is InChI=1S/C25H23ClF2N8O2/c1-34(2)9-10-35-15-31-33-24(35)22-13-19(7-8-30-22)38-23-6-5-18(12-21(23)28)36(25(29)37)32-14-16-3-4-17(27)11-20(16)26/h3-8,11-15H,9-10H2,1-2H3,(H2,29,37)/b32-14+. The maximum atomic E-state index is 15.0. The third-order valence-electron chi connectivity index (χ3n) is 5.24. The Morgan fingerprint density at radius 2 is 2.00 bits per heavy atom. The van der Waals surface area contributed by atoms with E-state index in [-0.39, 0.29) is 16.5 Å². The Hall–Kier alpha value is -4.42. The Bertz CT molecular complexity index is 1480. The van der Waals surface area contributed by atoms with Gasteiger partial charge in [0.25, 0.3) is 0 Å². The van der Waals surface area contributed by atoms with Gasteiger partial charge in [-0.3, -0.25) is 4.98 Å². The monoisotopic (exact) mass is 540 g/mol. The lowest BCUT2D eigenvalue weighted by Crippen LogP contribution is -2.31. The summed E-state index contributed by atoms with van der Waals surface area (Å²) in [4.78, 5) is 18.3. The molecule has 0 radical (unpaired) electrons. The fourth-order valence-corrected chi connectivity index (χ4v) is 3.55. The molecule has 0 fully saturated rings. The van der Waals surface area contributed by atoms with Crippen LogP contribution in [0.5, 0.6) is 11.5 Å². The van der Waals surface area contributed by atoms with Crippen LogP contribution in [0.25, 0.3) is 11.5 Å². The third-order valence-corrected chi connectivity index (χ3v) is 5.56. The zero-order chi connectivity index (χ0) is 27.2. The smallest absolute Gasteiger partial charge is 0.340 e. The van der Waals surface area contributed by atoms with Crippen LogP contribution in [0.4, 0.5) is 19.3 Å². The molecule has 38 heavy (non-hydrogen) atoms. The van der Waals surface area contributed by atoms with E-state index in [1.54, 1.807) is 18.5 Å². The lowest BCUT2D eigenvalue weighted by Gasteiger charge is -2.16. The number of amides is 2. The van der Waals surface area contributed by atoms with Gasteiger partial charge in [-0.05, 0) is 50.5 Å². The number of halogens is 3. The van der Waals surface area contributed by atoms with Gasteiger partial charge in [-0.2, -0.15) is 10.1 Å². The van der Waals surface area contributed by atoms with Crippen molar-refractivity contribution >= 4 is 29.5 Å². The normalized spacial score (nSPS) is 11.3. The van der Waals surface area contributed by atoms with Crippen molar-refractivity contribution in [3.8, 4) is 23.0 Å². The molecule has 2 amide bonds. The number of urea groups is 1. The number of nitrogens with zero attached hydrogens (tertiary/aromatic N) is 7. The summed E-state index contributed by atoms with van der Waals surface area (Å²) in [5.74, 6) is -0.529. The van der Waals surface area contributed by atoms with Crippen molar-refractivity contribution in [2.45, 2.75) is 6.54 Å². The molecule has 0 aliphatic rings. The van der Waals surface area contributed by atoms with Gasteiger partial charge in [0.2, 0.25) is 0 Å². The Morgan fingerprint density at radius 1 is 1.18 bits per heavy atom. The molecule has 2 N–H and O–H groups in total. The van der Waals surface area contributed by atoms with E-state index in [1.165, 1.54) is 36.7 Å². The van der Waals surface area contributed by atoms with Crippen molar-refractivity contribution in [3.05, 3.63) is 83.3 Å². The van der Waals surface area contributed by atoms with Gasteiger partial charge in [0.1, 0.15) is 23.6 Å². The largest absolute Gasteiger partial charge is 0.454 e. The lowest BCUT2D eigenvalue weighted by atomic mass is 10.2. The minimum atomic E-state index is -0.968. The molecule has 2 aromatic carbocycles. The fourth-order valence-electron chi connectivity index (χ4n) is 3.33. The SMILES string of the molecule is CN(C)CCn1cnnc1-c1cc(Oc2ccc(N(/N=C/c3ccc(F)cc3Cl)C(N)=O)cc2F)ccn1. The number of carbonyl (C=O) groups excluding carboxylic acids is 1. The average molecular weight is 541 g/mol. The molecule has 0 atom stereocenters. The van der Waals surface area contributed by atoms with Crippen LogP contribution in [0.1, 0.15) is 5.56 Å². The molecule has 0 saturated heterocycles. The molecule has 4 rings (SSSR count). The fraction of sp³-hybridized carbons (Fsp3) is 0.160. The van der Waals surface area contributed by atoms with Crippen LogP contribution in [-0.2, 0) is 6.54 Å². The summed E-state index contributed by atoms with van der Waals surface area (Å²) in [6.45, 7) is 1.44. The average Bonchev–Trinajstić information content (AvgIpc) is 3.34. The van der Waals surface area contributed by atoms with Gasteiger partial charge in [0.15, 0.2) is 17.4 Å². The number of benzene rings is 2. The molecule has 0 saturated carbocycles. The molecule has 2 heterocycles. The van der Waals surface area contributed by atoms with Gasteiger partial charge in [0, 0.05) is 37.0 Å².